The van der Waals surface area contributed by atoms with Crippen molar-refractivity contribution >= 4 is 16.7 Å². The zero-order chi connectivity index (χ0) is 17.4. The lowest BCUT2D eigenvalue weighted by Crippen LogP contribution is -2.30. The summed E-state index contributed by atoms with van der Waals surface area (Å²) in [6.07, 6.45) is 7.21. The fraction of sp³-hybridized carbons (Fsp3) is 0.381. The molecule has 3 heterocycles. The normalized spacial score (nSPS) is 18.2. The van der Waals surface area contributed by atoms with Gasteiger partial charge in [0.1, 0.15) is 0 Å². The monoisotopic (exact) mass is 335 g/mol. The van der Waals surface area contributed by atoms with Gasteiger partial charge in [0.25, 0.3) is 0 Å². The minimum absolute atomic E-state index is 0.209. The second-order valence-electron chi connectivity index (χ2n) is 6.99. The molecule has 4 rings (SSSR count). The summed E-state index contributed by atoms with van der Waals surface area (Å²) >= 11 is 0. The van der Waals surface area contributed by atoms with Crippen molar-refractivity contribution in [2.75, 3.05) is 13.1 Å². The molecule has 0 radical (unpaired) electrons. The van der Waals surface area contributed by atoms with Gasteiger partial charge in [0.15, 0.2) is 5.78 Å². The summed E-state index contributed by atoms with van der Waals surface area (Å²) in [6, 6.07) is 10.8. The van der Waals surface area contributed by atoms with E-state index in [0.29, 0.717) is 12.6 Å². The molecule has 1 atom stereocenters. The first-order valence-corrected chi connectivity index (χ1v) is 9.16. The molecule has 1 aliphatic heterocycles. The largest absolute Gasteiger partial charge is 0.360 e. The SMILES string of the molecule is CCc1cccc2c(C(=O)CN3CCC[C@@H]3c3cccn3C)c[nH]c12. The molecule has 1 fully saturated rings. The van der Waals surface area contributed by atoms with Gasteiger partial charge in [0.05, 0.1) is 12.6 Å². The molecule has 130 valence electrons. The number of carbonyl (C=O) groups excluding carboxylic acids is 1. The van der Waals surface area contributed by atoms with Gasteiger partial charge in [-0.3, -0.25) is 9.69 Å². The molecule has 1 saturated heterocycles. The lowest BCUT2D eigenvalue weighted by atomic mass is 10.0. The summed E-state index contributed by atoms with van der Waals surface area (Å²) in [5.74, 6) is 0.209. The van der Waals surface area contributed by atoms with E-state index in [1.54, 1.807) is 0 Å². The number of ketones is 1. The van der Waals surface area contributed by atoms with E-state index in [-0.39, 0.29) is 5.78 Å². The van der Waals surface area contributed by atoms with Crippen LogP contribution in [0, 0.1) is 0 Å². The van der Waals surface area contributed by atoms with Crippen molar-refractivity contribution < 1.29 is 4.79 Å². The standard InChI is InChI=1S/C21H25N3O/c1-3-15-7-4-8-16-17(13-22-21(15)16)20(25)14-24-12-6-10-19(24)18-9-5-11-23(18)2/h4-5,7-9,11,13,19,22H,3,6,10,12,14H2,1-2H3/t19-/m1/s1. The van der Waals surface area contributed by atoms with Gasteiger partial charge >= 0.3 is 0 Å². The summed E-state index contributed by atoms with van der Waals surface area (Å²) in [5.41, 5.74) is 4.49. The molecule has 25 heavy (non-hydrogen) atoms. The van der Waals surface area contributed by atoms with Crippen molar-refractivity contribution in [2.24, 2.45) is 7.05 Å². The minimum atomic E-state index is 0.209. The van der Waals surface area contributed by atoms with E-state index in [9.17, 15) is 4.79 Å². The first-order valence-electron chi connectivity index (χ1n) is 9.16. The number of aryl methyl sites for hydroxylation is 2. The van der Waals surface area contributed by atoms with Crippen LogP contribution < -0.4 is 0 Å². The third-order valence-electron chi connectivity index (χ3n) is 5.52. The van der Waals surface area contributed by atoms with Crippen LogP contribution in [-0.2, 0) is 13.5 Å². The Labute approximate surface area is 148 Å². The molecule has 4 heteroatoms. The van der Waals surface area contributed by atoms with E-state index in [4.69, 9.17) is 0 Å². The number of para-hydroxylation sites is 1. The molecule has 0 saturated carbocycles. The topological polar surface area (TPSA) is 41.0 Å². The molecule has 1 aliphatic rings. The smallest absolute Gasteiger partial charge is 0.178 e. The van der Waals surface area contributed by atoms with E-state index in [0.717, 1.165) is 42.3 Å². The maximum Gasteiger partial charge on any atom is 0.178 e. The van der Waals surface area contributed by atoms with Crippen LogP contribution in [0.2, 0.25) is 0 Å². The highest BCUT2D eigenvalue weighted by molar-refractivity contribution is 6.09. The fourth-order valence-electron chi connectivity index (χ4n) is 4.18. The Morgan fingerprint density at radius 2 is 2.16 bits per heavy atom. The lowest BCUT2D eigenvalue weighted by molar-refractivity contribution is 0.0921. The highest BCUT2D eigenvalue weighted by atomic mass is 16.1. The van der Waals surface area contributed by atoms with Crippen molar-refractivity contribution in [2.45, 2.75) is 32.2 Å². The first kappa shape index (κ1) is 16.2. The second-order valence-corrected chi connectivity index (χ2v) is 6.99. The number of hydrogen-bond donors (Lipinski definition) is 1. The number of carbonyl (C=O) groups is 1. The number of nitrogens with one attached hydrogen (secondary N) is 1. The summed E-state index contributed by atoms with van der Waals surface area (Å²) in [4.78, 5) is 18.7. The van der Waals surface area contributed by atoms with Gasteiger partial charge < -0.3 is 9.55 Å². The highest BCUT2D eigenvalue weighted by Crippen LogP contribution is 2.32. The summed E-state index contributed by atoms with van der Waals surface area (Å²) in [7, 11) is 2.08. The fourth-order valence-corrected chi connectivity index (χ4v) is 4.18. The number of benzene rings is 1. The number of Topliss-reactive ketones (excluding diaryl/α,β-unsaturated/α-hetero) is 1. The van der Waals surface area contributed by atoms with E-state index in [1.807, 2.05) is 6.20 Å². The van der Waals surface area contributed by atoms with Gasteiger partial charge in [-0.2, -0.15) is 0 Å². The molecule has 1 aromatic carbocycles. The quantitative estimate of drug-likeness (QED) is 0.714. The van der Waals surface area contributed by atoms with Crippen LogP contribution in [0.5, 0.6) is 0 Å². The third-order valence-corrected chi connectivity index (χ3v) is 5.52. The minimum Gasteiger partial charge on any atom is -0.360 e. The molecule has 0 bridgehead atoms. The zero-order valence-electron chi connectivity index (χ0n) is 15.0. The van der Waals surface area contributed by atoms with Crippen molar-refractivity contribution in [1.29, 1.82) is 0 Å². The highest BCUT2D eigenvalue weighted by Gasteiger charge is 2.29. The summed E-state index contributed by atoms with van der Waals surface area (Å²) in [5, 5.41) is 1.05. The molecule has 2 aromatic heterocycles. The summed E-state index contributed by atoms with van der Waals surface area (Å²) in [6.45, 7) is 3.62. The van der Waals surface area contributed by atoms with Gasteiger partial charge in [-0.1, -0.05) is 25.1 Å². The van der Waals surface area contributed by atoms with Crippen LogP contribution in [-0.4, -0.2) is 33.3 Å². The lowest BCUT2D eigenvalue weighted by Gasteiger charge is -2.24. The van der Waals surface area contributed by atoms with Crippen molar-refractivity contribution in [3.05, 3.63) is 59.5 Å². The number of rotatable bonds is 5. The molecule has 0 spiro atoms. The Morgan fingerprint density at radius 1 is 1.28 bits per heavy atom. The molecule has 0 unspecified atom stereocenters. The van der Waals surface area contributed by atoms with Crippen LogP contribution in [0.25, 0.3) is 10.9 Å². The van der Waals surface area contributed by atoms with Gasteiger partial charge in [-0.05, 0) is 43.5 Å². The Kier molecular flexibility index (Phi) is 4.22. The van der Waals surface area contributed by atoms with Gasteiger partial charge in [0, 0.05) is 41.6 Å². The number of likely N-dealkylation sites (tertiary alicyclic amines) is 1. The number of nitrogens with zero attached hydrogens (tertiary/aromatic N) is 2. The Hall–Kier alpha value is -2.33. The zero-order valence-corrected chi connectivity index (χ0v) is 15.0. The number of aromatic nitrogens is 2. The van der Waals surface area contributed by atoms with Gasteiger partial charge in [0.2, 0.25) is 0 Å². The van der Waals surface area contributed by atoms with Crippen LogP contribution in [0.3, 0.4) is 0 Å². The van der Waals surface area contributed by atoms with Crippen LogP contribution in [0.15, 0.2) is 42.7 Å². The second kappa shape index (κ2) is 6.52. The van der Waals surface area contributed by atoms with Crippen LogP contribution in [0.4, 0.5) is 0 Å². The molecular weight excluding hydrogens is 310 g/mol. The maximum absolute atomic E-state index is 13.0. The average Bonchev–Trinajstić information content (AvgIpc) is 3.33. The van der Waals surface area contributed by atoms with E-state index >= 15 is 0 Å². The first-order chi connectivity index (χ1) is 12.2. The van der Waals surface area contributed by atoms with Gasteiger partial charge in [-0.15, -0.1) is 0 Å². The predicted molar refractivity (Wildman–Crippen MR) is 101 cm³/mol. The number of fused-ring (bicyclic) bond motifs is 1. The van der Waals surface area contributed by atoms with Crippen LogP contribution >= 0.6 is 0 Å². The van der Waals surface area contributed by atoms with E-state index in [2.05, 4.69) is 65.0 Å². The predicted octanol–water partition coefficient (Wildman–Crippen LogP) is 4.09. The van der Waals surface area contributed by atoms with Gasteiger partial charge in [-0.25, -0.2) is 0 Å². The van der Waals surface area contributed by atoms with E-state index < -0.39 is 0 Å². The number of hydrogen-bond acceptors (Lipinski definition) is 2. The molecule has 1 N–H and O–H groups in total. The summed E-state index contributed by atoms with van der Waals surface area (Å²) < 4.78 is 2.17. The van der Waals surface area contributed by atoms with E-state index in [1.165, 1.54) is 11.3 Å². The van der Waals surface area contributed by atoms with Crippen molar-refractivity contribution in [3.8, 4) is 0 Å². The maximum atomic E-state index is 13.0. The molecule has 0 amide bonds. The van der Waals surface area contributed by atoms with Crippen molar-refractivity contribution in [3.63, 3.8) is 0 Å². The Balaban J connectivity index is 1.59. The number of H-pyrrole nitrogens is 1. The molecule has 3 aromatic rings. The van der Waals surface area contributed by atoms with Crippen molar-refractivity contribution in [1.82, 2.24) is 14.5 Å². The third kappa shape index (κ3) is 2.81. The average molecular weight is 335 g/mol. The van der Waals surface area contributed by atoms with Crippen LogP contribution in [0.1, 0.15) is 47.4 Å². The molecular formula is C21H25N3O. The molecule has 0 aliphatic carbocycles. The Morgan fingerprint density at radius 3 is 2.92 bits per heavy atom. The molecule has 4 nitrogen and oxygen atoms in total. The Bertz CT molecular complexity index is 905. The number of aromatic amines is 1.